The number of aromatic nitrogens is 1. The van der Waals surface area contributed by atoms with Gasteiger partial charge in [-0.15, -0.1) is 0 Å². The fourth-order valence-corrected chi connectivity index (χ4v) is 6.11. The number of pyridine rings is 1. The molecule has 1 unspecified atom stereocenters. The Balaban J connectivity index is 1.25. The molecule has 2 aromatic carbocycles. The first kappa shape index (κ1) is 25.6. The maximum absolute atomic E-state index is 15.3. The van der Waals surface area contributed by atoms with Gasteiger partial charge in [0.05, 0.1) is 38.9 Å². The largest absolute Gasteiger partial charge is 0.493 e. The van der Waals surface area contributed by atoms with Crippen molar-refractivity contribution in [3.63, 3.8) is 0 Å². The first-order valence-electron chi connectivity index (χ1n) is 13.5. The Morgan fingerprint density at radius 2 is 2.00 bits per heavy atom. The molecule has 2 aliphatic heterocycles. The van der Waals surface area contributed by atoms with E-state index in [1.165, 1.54) is 0 Å². The highest BCUT2D eigenvalue weighted by atomic mass is 19.1. The number of nitrogens with zero attached hydrogens (tertiary/aromatic N) is 1. The highest BCUT2D eigenvalue weighted by molar-refractivity contribution is 5.77. The number of hydrogen-bond donors (Lipinski definition) is 2. The number of anilines is 1. The minimum absolute atomic E-state index is 0.00568. The molecule has 0 bridgehead atoms. The molecular formula is C31H33FN2O5. The summed E-state index contributed by atoms with van der Waals surface area (Å²) in [5, 5.41) is 12.6. The summed E-state index contributed by atoms with van der Waals surface area (Å²) in [6.07, 6.45) is 3.17. The van der Waals surface area contributed by atoms with Crippen LogP contribution in [0, 0.1) is 25.1 Å². The number of fused-ring (bicyclic) bond motifs is 2. The molecule has 39 heavy (non-hydrogen) atoms. The lowest BCUT2D eigenvalue weighted by atomic mass is 9.89. The molecule has 6 rings (SSSR count). The fraction of sp³-hybridized carbons (Fsp3) is 0.419. The standard InChI is InChI=1S/C31H33FN2O5/c1-17-8-20(39-16-31(3)14-37-15-31)9-18(2)29(17)21-4-6-24(32)30-22(21)5-7-25(30)34-27-11-26-23(12-33-27)19(13-38-26)10-28(35)36/h4,6,8-9,11-12,19,25H,5,7,10,13-16H2,1-3H3,(H,33,34)(H,35,36)/t19?,25-/m1/s1. The van der Waals surface area contributed by atoms with Crippen LogP contribution in [-0.2, 0) is 16.0 Å². The predicted molar refractivity (Wildman–Crippen MR) is 145 cm³/mol. The lowest BCUT2D eigenvalue weighted by molar-refractivity contribution is -0.137. The van der Waals surface area contributed by atoms with Crippen LogP contribution in [0.2, 0.25) is 0 Å². The van der Waals surface area contributed by atoms with E-state index < -0.39 is 5.97 Å². The molecule has 1 aliphatic carbocycles. The molecule has 3 aromatic rings. The van der Waals surface area contributed by atoms with Crippen molar-refractivity contribution in [1.82, 2.24) is 4.98 Å². The summed E-state index contributed by atoms with van der Waals surface area (Å²) in [6, 6.07) is 9.15. The molecule has 0 saturated carbocycles. The number of benzene rings is 2. The van der Waals surface area contributed by atoms with Gasteiger partial charge in [0.25, 0.3) is 0 Å². The third kappa shape index (κ3) is 4.82. The molecule has 3 heterocycles. The average molecular weight is 533 g/mol. The van der Waals surface area contributed by atoms with Gasteiger partial charge in [-0.05, 0) is 72.7 Å². The summed E-state index contributed by atoms with van der Waals surface area (Å²) in [5.41, 5.74) is 6.93. The van der Waals surface area contributed by atoms with Crippen LogP contribution >= 0.6 is 0 Å². The van der Waals surface area contributed by atoms with Crippen molar-refractivity contribution in [2.24, 2.45) is 5.41 Å². The van der Waals surface area contributed by atoms with Crippen LogP contribution in [0.1, 0.15) is 59.5 Å². The predicted octanol–water partition coefficient (Wildman–Crippen LogP) is 5.97. The minimum atomic E-state index is -0.863. The summed E-state index contributed by atoms with van der Waals surface area (Å²) >= 11 is 0. The summed E-state index contributed by atoms with van der Waals surface area (Å²) < 4.78 is 32.5. The topological polar surface area (TPSA) is 89.9 Å². The number of hydrogen-bond acceptors (Lipinski definition) is 6. The molecule has 1 saturated heterocycles. The molecule has 1 fully saturated rings. The minimum Gasteiger partial charge on any atom is -0.493 e. The third-order valence-electron chi connectivity index (χ3n) is 8.12. The molecule has 204 valence electrons. The van der Waals surface area contributed by atoms with Crippen LogP contribution in [0.25, 0.3) is 11.1 Å². The van der Waals surface area contributed by atoms with E-state index >= 15 is 4.39 Å². The summed E-state index contributed by atoms with van der Waals surface area (Å²) in [4.78, 5) is 15.7. The van der Waals surface area contributed by atoms with Crippen LogP contribution in [0.15, 0.2) is 36.5 Å². The Morgan fingerprint density at radius 3 is 2.69 bits per heavy atom. The zero-order chi connectivity index (χ0) is 27.3. The monoisotopic (exact) mass is 532 g/mol. The third-order valence-corrected chi connectivity index (χ3v) is 8.12. The molecule has 2 atom stereocenters. The molecule has 0 radical (unpaired) electrons. The van der Waals surface area contributed by atoms with Gasteiger partial charge in [0.2, 0.25) is 0 Å². The summed E-state index contributed by atoms with van der Waals surface area (Å²) in [5.74, 6) is 0.776. The Morgan fingerprint density at radius 1 is 1.23 bits per heavy atom. The number of nitrogens with one attached hydrogen (secondary N) is 1. The van der Waals surface area contributed by atoms with E-state index in [9.17, 15) is 4.79 Å². The fourth-order valence-electron chi connectivity index (χ4n) is 6.11. The first-order valence-corrected chi connectivity index (χ1v) is 13.5. The number of carbonyl (C=O) groups is 1. The normalized spacial score (nSPS) is 20.5. The second-order valence-corrected chi connectivity index (χ2v) is 11.5. The second-order valence-electron chi connectivity index (χ2n) is 11.5. The Hall–Kier alpha value is -3.65. The SMILES string of the molecule is Cc1cc(OCC2(C)COC2)cc(C)c1-c1ccc(F)c2c1CC[C@H]2Nc1cc2c(cn1)C(CC(=O)O)CO2. The van der Waals surface area contributed by atoms with Gasteiger partial charge in [-0.25, -0.2) is 9.37 Å². The quantitative estimate of drug-likeness (QED) is 0.369. The van der Waals surface area contributed by atoms with Crippen molar-refractivity contribution < 1.29 is 28.5 Å². The van der Waals surface area contributed by atoms with Gasteiger partial charge in [-0.3, -0.25) is 4.79 Å². The number of aryl methyl sites for hydroxylation is 2. The molecule has 8 heteroatoms. The summed E-state index contributed by atoms with van der Waals surface area (Å²) in [6.45, 7) is 8.71. The van der Waals surface area contributed by atoms with E-state index in [2.05, 4.69) is 43.2 Å². The Bertz CT molecular complexity index is 1430. The van der Waals surface area contributed by atoms with E-state index in [1.54, 1.807) is 18.3 Å². The maximum Gasteiger partial charge on any atom is 0.304 e. The van der Waals surface area contributed by atoms with E-state index in [0.717, 1.165) is 65.2 Å². The van der Waals surface area contributed by atoms with Gasteiger partial charge in [-0.1, -0.05) is 13.0 Å². The number of aliphatic carboxylic acids is 1. The van der Waals surface area contributed by atoms with E-state index in [1.807, 2.05) is 6.07 Å². The van der Waals surface area contributed by atoms with Gasteiger partial charge in [-0.2, -0.15) is 0 Å². The van der Waals surface area contributed by atoms with Crippen molar-refractivity contribution in [1.29, 1.82) is 0 Å². The molecule has 3 aliphatic rings. The van der Waals surface area contributed by atoms with E-state index in [-0.39, 0.29) is 29.6 Å². The van der Waals surface area contributed by atoms with Gasteiger partial charge in [0, 0.05) is 34.7 Å². The van der Waals surface area contributed by atoms with Crippen LogP contribution in [0.3, 0.4) is 0 Å². The van der Waals surface area contributed by atoms with Gasteiger partial charge >= 0.3 is 5.97 Å². The zero-order valence-corrected chi connectivity index (χ0v) is 22.5. The molecule has 0 spiro atoms. The number of carboxylic acid groups (broad SMARTS) is 1. The average Bonchev–Trinajstić information content (AvgIpc) is 3.47. The lowest BCUT2D eigenvalue weighted by Gasteiger charge is -2.37. The van der Waals surface area contributed by atoms with Crippen molar-refractivity contribution in [3.8, 4) is 22.6 Å². The van der Waals surface area contributed by atoms with Crippen LogP contribution in [0.5, 0.6) is 11.5 Å². The molecule has 0 amide bonds. The highest BCUT2D eigenvalue weighted by Crippen LogP contribution is 2.44. The number of ether oxygens (including phenoxy) is 3. The van der Waals surface area contributed by atoms with Gasteiger partial charge in [0.15, 0.2) is 0 Å². The van der Waals surface area contributed by atoms with Crippen molar-refractivity contribution >= 4 is 11.8 Å². The first-order chi connectivity index (χ1) is 18.7. The van der Waals surface area contributed by atoms with Crippen molar-refractivity contribution in [3.05, 3.63) is 70.2 Å². The highest BCUT2D eigenvalue weighted by Gasteiger charge is 2.35. The van der Waals surface area contributed by atoms with Crippen molar-refractivity contribution in [2.75, 3.05) is 31.7 Å². The van der Waals surface area contributed by atoms with E-state index in [0.29, 0.717) is 30.3 Å². The van der Waals surface area contributed by atoms with E-state index in [4.69, 9.17) is 19.3 Å². The van der Waals surface area contributed by atoms with Crippen molar-refractivity contribution in [2.45, 2.75) is 52.0 Å². The molecule has 1 aromatic heterocycles. The molecular weight excluding hydrogens is 499 g/mol. The number of carboxylic acids is 1. The smallest absolute Gasteiger partial charge is 0.304 e. The maximum atomic E-state index is 15.3. The number of halogens is 1. The van der Waals surface area contributed by atoms with Gasteiger partial charge < -0.3 is 24.6 Å². The zero-order valence-electron chi connectivity index (χ0n) is 22.5. The Kier molecular flexibility index (Phi) is 6.46. The van der Waals surface area contributed by atoms with Crippen LogP contribution in [0.4, 0.5) is 10.2 Å². The molecule has 7 nitrogen and oxygen atoms in total. The Labute approximate surface area is 227 Å². The second kappa shape index (κ2) is 9.83. The molecule has 2 N–H and O–H groups in total. The summed E-state index contributed by atoms with van der Waals surface area (Å²) in [7, 11) is 0. The van der Waals surface area contributed by atoms with Gasteiger partial charge in [0.1, 0.15) is 23.1 Å². The number of rotatable bonds is 8. The van der Waals surface area contributed by atoms with Crippen LogP contribution in [-0.4, -0.2) is 42.5 Å². The lowest BCUT2D eigenvalue weighted by Crippen LogP contribution is -2.44. The van der Waals surface area contributed by atoms with Crippen LogP contribution < -0.4 is 14.8 Å².